The normalized spacial score (nSPS) is 15.7. The fourth-order valence-corrected chi connectivity index (χ4v) is 4.10. The molecule has 3 aromatic rings. The molecule has 0 amide bonds. The standard InChI is InChI=1S/C24H25FN2O3.C2H7NOS/c1-24(2,3)19-13-16(27-10-9-21(28)26-23(27)29)12-18(22(19)30-4)15-5-7-17-14(11-15)6-8-20(17)25;1-3-5(2)4/h5,7,9-13,20H,6,8H2,1-4H3,(H,26,28,29);3H,1-2H3. The van der Waals surface area contributed by atoms with Crippen molar-refractivity contribution in [1.82, 2.24) is 14.3 Å². The number of aromatic amines is 1. The average molecular weight is 502 g/mol. The van der Waals surface area contributed by atoms with E-state index in [0.29, 0.717) is 18.5 Å². The van der Waals surface area contributed by atoms with Crippen LogP contribution in [0.5, 0.6) is 5.75 Å². The molecule has 0 bridgehead atoms. The van der Waals surface area contributed by atoms with E-state index in [4.69, 9.17) is 4.74 Å². The first-order valence-corrected chi connectivity index (χ1v) is 12.8. The van der Waals surface area contributed by atoms with Crippen LogP contribution in [0.4, 0.5) is 4.39 Å². The predicted molar refractivity (Wildman–Crippen MR) is 139 cm³/mol. The number of methoxy groups -OCH3 is 1. The molecule has 1 aromatic heterocycles. The van der Waals surface area contributed by atoms with Crippen LogP contribution in [-0.2, 0) is 22.8 Å². The van der Waals surface area contributed by atoms with Gasteiger partial charge in [0.15, 0.2) is 0 Å². The Balaban J connectivity index is 0.000000623. The molecule has 0 fully saturated rings. The summed E-state index contributed by atoms with van der Waals surface area (Å²) < 4.78 is 33.6. The number of H-pyrrole nitrogens is 1. The van der Waals surface area contributed by atoms with Crippen molar-refractivity contribution in [3.63, 3.8) is 0 Å². The van der Waals surface area contributed by atoms with E-state index in [-0.39, 0.29) is 5.41 Å². The first kappa shape index (κ1) is 26.6. The summed E-state index contributed by atoms with van der Waals surface area (Å²) >= 11 is 0. The Morgan fingerprint density at radius 2 is 1.86 bits per heavy atom. The highest BCUT2D eigenvalue weighted by Crippen LogP contribution is 2.43. The van der Waals surface area contributed by atoms with Gasteiger partial charge < -0.3 is 4.74 Å². The van der Waals surface area contributed by atoms with Crippen LogP contribution in [0, 0.1) is 0 Å². The summed E-state index contributed by atoms with van der Waals surface area (Å²) in [5.41, 5.74) is 3.83. The van der Waals surface area contributed by atoms with Gasteiger partial charge in [-0.3, -0.25) is 14.3 Å². The first-order valence-electron chi connectivity index (χ1n) is 11.3. The van der Waals surface area contributed by atoms with Crippen LogP contribution >= 0.6 is 0 Å². The van der Waals surface area contributed by atoms with Crippen LogP contribution in [0.3, 0.4) is 0 Å². The van der Waals surface area contributed by atoms with Crippen LogP contribution < -0.4 is 20.7 Å². The van der Waals surface area contributed by atoms with Crippen LogP contribution in [0.25, 0.3) is 16.8 Å². The zero-order valence-electron chi connectivity index (χ0n) is 20.9. The summed E-state index contributed by atoms with van der Waals surface area (Å²) in [5.74, 6) is 0.721. The average Bonchev–Trinajstić information content (AvgIpc) is 3.18. The zero-order valence-corrected chi connectivity index (χ0v) is 21.7. The number of hydrogen-bond donors (Lipinski definition) is 2. The Kier molecular flexibility index (Phi) is 8.12. The topological polar surface area (TPSA) is 93.2 Å². The smallest absolute Gasteiger partial charge is 0.332 e. The molecular formula is C26H32FN3O4S. The van der Waals surface area contributed by atoms with Gasteiger partial charge in [0.05, 0.1) is 23.8 Å². The van der Waals surface area contributed by atoms with Gasteiger partial charge >= 0.3 is 5.69 Å². The lowest BCUT2D eigenvalue weighted by Gasteiger charge is -2.26. The predicted octanol–water partition coefficient (Wildman–Crippen LogP) is 3.96. The molecule has 1 aliphatic carbocycles. The maximum absolute atomic E-state index is 14.1. The van der Waals surface area contributed by atoms with Gasteiger partial charge in [-0.25, -0.2) is 18.1 Å². The van der Waals surface area contributed by atoms with Crippen molar-refractivity contribution in [2.24, 2.45) is 0 Å². The van der Waals surface area contributed by atoms with Crippen molar-refractivity contribution in [3.05, 3.63) is 80.1 Å². The summed E-state index contributed by atoms with van der Waals surface area (Å²) in [6, 6.07) is 10.9. The summed E-state index contributed by atoms with van der Waals surface area (Å²) in [6.07, 6.45) is 3.36. The van der Waals surface area contributed by atoms with Gasteiger partial charge in [-0.15, -0.1) is 0 Å². The van der Waals surface area contributed by atoms with E-state index in [2.05, 4.69) is 30.5 Å². The van der Waals surface area contributed by atoms with E-state index in [0.717, 1.165) is 33.6 Å². The number of ether oxygens (including phenoxy) is 1. The number of aryl methyl sites for hydroxylation is 1. The number of nitrogens with zero attached hydrogens (tertiary/aromatic N) is 1. The van der Waals surface area contributed by atoms with E-state index in [9.17, 15) is 18.2 Å². The Labute approximate surface area is 207 Å². The SMILES string of the molecule is CNS(C)=O.COc1c(-c2ccc3c(c2)CCC3F)cc(-n2ccc(=O)[nH]c2=O)cc1C(C)(C)C. The van der Waals surface area contributed by atoms with Crippen LogP contribution in [0.2, 0.25) is 0 Å². The third-order valence-corrected chi connectivity index (χ3v) is 6.51. The molecule has 1 heterocycles. The first-order chi connectivity index (χ1) is 16.5. The summed E-state index contributed by atoms with van der Waals surface area (Å²) in [7, 11) is 2.46. The fourth-order valence-electron chi connectivity index (χ4n) is 4.10. The van der Waals surface area contributed by atoms with E-state index in [1.54, 1.807) is 20.4 Å². The second kappa shape index (κ2) is 10.7. The highest BCUT2D eigenvalue weighted by molar-refractivity contribution is 7.82. The van der Waals surface area contributed by atoms with Gasteiger partial charge in [0, 0.05) is 29.6 Å². The Bertz CT molecular complexity index is 1360. The lowest BCUT2D eigenvalue weighted by Crippen LogP contribution is -2.27. The summed E-state index contributed by atoms with van der Waals surface area (Å²) in [5, 5.41) is 0. The maximum atomic E-state index is 14.1. The Morgan fingerprint density at radius 1 is 1.17 bits per heavy atom. The molecule has 2 N–H and O–H groups in total. The molecule has 0 radical (unpaired) electrons. The summed E-state index contributed by atoms with van der Waals surface area (Å²) in [6.45, 7) is 6.22. The largest absolute Gasteiger partial charge is 0.496 e. The monoisotopic (exact) mass is 501 g/mol. The quantitative estimate of drug-likeness (QED) is 0.566. The number of aromatic nitrogens is 2. The van der Waals surface area contributed by atoms with Gasteiger partial charge in [0.2, 0.25) is 0 Å². The molecule has 0 spiro atoms. The number of fused-ring (bicyclic) bond motifs is 1. The van der Waals surface area contributed by atoms with Gasteiger partial charge in [0.1, 0.15) is 11.9 Å². The third-order valence-electron chi connectivity index (χ3n) is 5.93. The molecule has 1 aliphatic rings. The molecule has 2 atom stereocenters. The highest BCUT2D eigenvalue weighted by Gasteiger charge is 2.26. The van der Waals surface area contributed by atoms with E-state index in [1.807, 2.05) is 30.3 Å². The second-order valence-electron chi connectivity index (χ2n) is 9.38. The Hall–Kier alpha value is -3.04. The molecule has 188 valence electrons. The van der Waals surface area contributed by atoms with Crippen molar-refractivity contribution in [2.75, 3.05) is 20.4 Å². The fraction of sp³-hybridized carbons (Fsp3) is 0.385. The van der Waals surface area contributed by atoms with Crippen molar-refractivity contribution in [1.29, 1.82) is 0 Å². The zero-order chi connectivity index (χ0) is 25.9. The highest BCUT2D eigenvalue weighted by atomic mass is 32.2. The number of benzene rings is 2. The minimum atomic E-state index is -0.910. The van der Waals surface area contributed by atoms with Crippen molar-refractivity contribution < 1.29 is 13.3 Å². The molecule has 2 unspecified atom stereocenters. The second-order valence-corrected chi connectivity index (χ2v) is 10.7. The van der Waals surface area contributed by atoms with Crippen LogP contribution in [0.15, 0.2) is 52.2 Å². The van der Waals surface area contributed by atoms with Crippen LogP contribution in [0.1, 0.15) is 50.1 Å². The van der Waals surface area contributed by atoms with Gasteiger partial charge in [-0.2, -0.15) is 0 Å². The van der Waals surface area contributed by atoms with E-state index >= 15 is 0 Å². The molecule has 7 nitrogen and oxygen atoms in total. The van der Waals surface area contributed by atoms with Gasteiger partial charge in [-0.05, 0) is 54.1 Å². The number of rotatable bonds is 4. The van der Waals surface area contributed by atoms with Crippen LogP contribution in [-0.4, -0.2) is 34.2 Å². The minimum Gasteiger partial charge on any atom is -0.496 e. The molecule has 0 saturated heterocycles. The minimum absolute atomic E-state index is 0.261. The molecule has 4 rings (SSSR count). The third kappa shape index (κ3) is 5.97. The Morgan fingerprint density at radius 3 is 2.43 bits per heavy atom. The van der Waals surface area contributed by atoms with Gasteiger partial charge in [-0.1, -0.05) is 39.0 Å². The van der Waals surface area contributed by atoms with Gasteiger partial charge in [0.25, 0.3) is 5.56 Å². The molecule has 2 aromatic carbocycles. The maximum Gasteiger partial charge on any atom is 0.332 e. The summed E-state index contributed by atoms with van der Waals surface area (Å²) in [4.78, 5) is 26.2. The molecule has 0 saturated carbocycles. The van der Waals surface area contributed by atoms with E-state index < -0.39 is 28.4 Å². The number of nitrogens with one attached hydrogen (secondary N) is 2. The number of alkyl halides is 1. The lowest BCUT2D eigenvalue weighted by molar-refractivity contribution is 0.344. The molecule has 35 heavy (non-hydrogen) atoms. The number of halogens is 1. The van der Waals surface area contributed by atoms with Crippen molar-refractivity contribution in [2.45, 2.75) is 45.2 Å². The van der Waals surface area contributed by atoms with E-state index in [1.165, 1.54) is 16.8 Å². The molecular weight excluding hydrogens is 469 g/mol. The lowest BCUT2D eigenvalue weighted by atomic mass is 9.83. The van der Waals surface area contributed by atoms with Crippen molar-refractivity contribution >= 4 is 11.0 Å². The van der Waals surface area contributed by atoms with Crippen molar-refractivity contribution in [3.8, 4) is 22.6 Å². The molecule has 9 heteroatoms. The molecule has 0 aliphatic heterocycles. The number of hydrogen-bond acceptors (Lipinski definition) is 4.